The van der Waals surface area contributed by atoms with E-state index in [1.54, 1.807) is 12.1 Å². The maximum atomic E-state index is 14.2. The summed E-state index contributed by atoms with van der Waals surface area (Å²) in [5.41, 5.74) is 8.97. The second-order valence-corrected chi connectivity index (χ2v) is 8.65. The smallest absolute Gasteiger partial charge is 0.184 e. The van der Waals surface area contributed by atoms with Gasteiger partial charge in [-0.05, 0) is 23.7 Å². The lowest BCUT2D eigenvalue weighted by Gasteiger charge is -2.46. The first-order chi connectivity index (χ1) is 14.1. The normalized spacial score (nSPS) is 31.6. The summed E-state index contributed by atoms with van der Waals surface area (Å²) in [6.45, 7) is 0.187. The van der Waals surface area contributed by atoms with Gasteiger partial charge in [0.05, 0.1) is 12.6 Å². The van der Waals surface area contributed by atoms with Crippen LogP contribution < -0.4 is 0 Å². The number of aliphatic hydroxyl groups excluding tert-OH is 1. The van der Waals surface area contributed by atoms with E-state index < -0.39 is 41.9 Å². The highest BCUT2D eigenvalue weighted by molar-refractivity contribution is 9.10. The van der Waals surface area contributed by atoms with Crippen LogP contribution in [0.25, 0.3) is 10.4 Å². The van der Waals surface area contributed by atoms with E-state index in [0.717, 1.165) is 17.3 Å². The van der Waals surface area contributed by atoms with Crippen LogP contribution in [-0.2, 0) is 14.2 Å². The third-order valence-corrected chi connectivity index (χ3v) is 6.41. The van der Waals surface area contributed by atoms with Gasteiger partial charge in [0.15, 0.2) is 6.29 Å². The fourth-order valence-electron chi connectivity index (χ4n) is 3.34. The van der Waals surface area contributed by atoms with E-state index >= 15 is 0 Å². The van der Waals surface area contributed by atoms with E-state index in [1.165, 1.54) is 6.07 Å². The molecule has 0 bridgehead atoms. The van der Waals surface area contributed by atoms with Crippen molar-refractivity contribution in [3.05, 3.63) is 74.8 Å². The van der Waals surface area contributed by atoms with Crippen molar-refractivity contribution >= 4 is 27.7 Å². The Hall–Kier alpha value is -1.65. The molecule has 6 atom stereocenters. The van der Waals surface area contributed by atoms with Gasteiger partial charge < -0.3 is 19.3 Å². The summed E-state index contributed by atoms with van der Waals surface area (Å²) in [5.74, 6) is -0.434. The molecule has 29 heavy (non-hydrogen) atoms. The molecular weight excluding hydrogens is 465 g/mol. The third kappa shape index (κ3) is 4.44. The topological polar surface area (TPSA) is 96.7 Å². The molecule has 10 heteroatoms. The summed E-state index contributed by atoms with van der Waals surface area (Å²) in [7, 11) is 0. The van der Waals surface area contributed by atoms with E-state index in [-0.39, 0.29) is 6.61 Å². The van der Waals surface area contributed by atoms with E-state index in [2.05, 4.69) is 26.0 Å². The Kier molecular flexibility index (Phi) is 6.41. The summed E-state index contributed by atoms with van der Waals surface area (Å²) >= 11 is 4.33. The Balaban J connectivity index is 1.56. The fraction of sp³-hybridized carbons (Fsp3) is 0.368. The predicted molar refractivity (Wildman–Crippen MR) is 108 cm³/mol. The quantitative estimate of drug-likeness (QED) is 0.392. The number of nitrogens with zero attached hydrogens (tertiary/aromatic N) is 3. The average molecular weight is 482 g/mol. The highest BCUT2D eigenvalue weighted by atomic mass is 79.9. The van der Waals surface area contributed by atoms with Gasteiger partial charge in [-0.3, -0.25) is 0 Å². The second-order valence-electron chi connectivity index (χ2n) is 6.60. The van der Waals surface area contributed by atoms with Gasteiger partial charge in [-0.15, -0.1) is 0 Å². The number of fused-ring (bicyclic) bond motifs is 1. The molecule has 0 saturated carbocycles. The van der Waals surface area contributed by atoms with Crippen molar-refractivity contribution in [3.63, 3.8) is 0 Å². The van der Waals surface area contributed by atoms with E-state index in [4.69, 9.17) is 19.7 Å². The van der Waals surface area contributed by atoms with Crippen molar-refractivity contribution in [1.82, 2.24) is 0 Å². The second kappa shape index (κ2) is 9.01. The Bertz CT molecular complexity index is 918. The molecule has 2 saturated heterocycles. The monoisotopic (exact) mass is 481 g/mol. The number of rotatable bonds is 4. The molecule has 7 nitrogen and oxygen atoms in total. The van der Waals surface area contributed by atoms with Crippen LogP contribution in [0.5, 0.6) is 0 Å². The van der Waals surface area contributed by atoms with Crippen molar-refractivity contribution in [1.29, 1.82) is 0 Å². The first-order valence-electron chi connectivity index (χ1n) is 8.88. The van der Waals surface area contributed by atoms with Crippen LogP contribution in [0.4, 0.5) is 4.39 Å². The fourth-order valence-corrected chi connectivity index (χ4v) is 4.98. The molecule has 152 valence electrons. The third-order valence-electron chi connectivity index (χ3n) is 4.73. The zero-order valence-electron chi connectivity index (χ0n) is 15.0. The lowest BCUT2D eigenvalue weighted by atomic mass is 9.97. The number of aliphatic hydroxyl groups is 1. The molecule has 0 spiro atoms. The van der Waals surface area contributed by atoms with Gasteiger partial charge in [0, 0.05) is 19.8 Å². The van der Waals surface area contributed by atoms with E-state index in [0.29, 0.717) is 9.37 Å². The van der Waals surface area contributed by atoms with Gasteiger partial charge in [-0.1, -0.05) is 63.1 Å². The van der Waals surface area contributed by atoms with Crippen LogP contribution in [0.1, 0.15) is 11.9 Å². The van der Waals surface area contributed by atoms with Crippen LogP contribution in [-0.4, -0.2) is 41.5 Å². The minimum Gasteiger partial charge on any atom is -0.389 e. The summed E-state index contributed by atoms with van der Waals surface area (Å²) in [6.07, 6.45) is -3.10. The van der Waals surface area contributed by atoms with Gasteiger partial charge in [0.25, 0.3) is 0 Å². The predicted octanol–water partition coefficient (Wildman–Crippen LogP) is 4.56. The van der Waals surface area contributed by atoms with Gasteiger partial charge in [-0.2, -0.15) is 0 Å². The summed E-state index contributed by atoms with van der Waals surface area (Å²) in [4.78, 5) is 3.18. The van der Waals surface area contributed by atoms with Crippen molar-refractivity contribution in [3.8, 4) is 0 Å². The van der Waals surface area contributed by atoms with Crippen molar-refractivity contribution in [2.45, 2.75) is 41.0 Å². The molecule has 2 aliphatic rings. The Morgan fingerprint density at radius 2 is 2.00 bits per heavy atom. The molecule has 4 rings (SSSR count). The number of halogens is 2. The van der Waals surface area contributed by atoms with Crippen LogP contribution in [0.3, 0.4) is 0 Å². The Morgan fingerprint density at radius 3 is 2.76 bits per heavy atom. The molecule has 2 fully saturated rings. The van der Waals surface area contributed by atoms with E-state index in [9.17, 15) is 9.50 Å². The summed E-state index contributed by atoms with van der Waals surface area (Å²) < 4.78 is 32.6. The molecular formula is C19H17BrFN3O4S. The largest absolute Gasteiger partial charge is 0.389 e. The number of azide groups is 1. The molecule has 2 aliphatic heterocycles. The number of hydrogen-bond donors (Lipinski definition) is 1. The molecule has 2 aromatic rings. The van der Waals surface area contributed by atoms with Crippen LogP contribution in [0.2, 0.25) is 0 Å². The minimum absolute atomic E-state index is 0.187. The maximum absolute atomic E-state index is 14.2. The summed E-state index contributed by atoms with van der Waals surface area (Å²) in [6, 6.07) is 13.0. The SMILES string of the molecule is [N-]=[N+]=N[C@@H]1[C@@H](O)[C@@H](Sc2cc(Br)ccc2F)O[C@@H]2COC(c3ccccc3)O[C@H]12. The number of hydrogen-bond acceptors (Lipinski definition) is 6. The van der Waals surface area contributed by atoms with Crippen molar-refractivity contribution < 1.29 is 23.7 Å². The first-order valence-corrected chi connectivity index (χ1v) is 10.6. The molecule has 1 unspecified atom stereocenters. The van der Waals surface area contributed by atoms with Gasteiger partial charge in [0.1, 0.15) is 29.6 Å². The molecule has 0 radical (unpaired) electrons. The van der Waals surface area contributed by atoms with Gasteiger partial charge >= 0.3 is 0 Å². The lowest BCUT2D eigenvalue weighted by Crippen LogP contribution is -2.60. The van der Waals surface area contributed by atoms with Gasteiger partial charge in [0.2, 0.25) is 0 Å². The van der Waals surface area contributed by atoms with Crippen molar-refractivity contribution in [2.24, 2.45) is 5.11 Å². The number of thioether (sulfide) groups is 1. The summed E-state index contributed by atoms with van der Waals surface area (Å²) in [5, 5.41) is 14.6. The van der Waals surface area contributed by atoms with E-state index in [1.807, 2.05) is 30.3 Å². The van der Waals surface area contributed by atoms with Crippen LogP contribution in [0, 0.1) is 5.82 Å². The average Bonchev–Trinajstić information content (AvgIpc) is 2.74. The van der Waals surface area contributed by atoms with Crippen LogP contribution >= 0.6 is 27.7 Å². The molecule has 0 amide bonds. The lowest BCUT2D eigenvalue weighted by molar-refractivity contribution is -0.297. The standard InChI is InChI=1S/C19H17BrFN3O4S/c20-11-6-7-12(21)14(8-11)29-19-16(25)15(23-24-22)17-13(27-19)9-26-18(28-17)10-4-2-1-3-5-10/h1-8,13,15-19,25H,9H2/t13-,15-,16-,17+,18?,19-/m1/s1. The first kappa shape index (κ1) is 20.6. The van der Waals surface area contributed by atoms with Gasteiger partial charge in [-0.25, -0.2) is 4.39 Å². The number of ether oxygens (including phenoxy) is 3. The Labute approximate surface area is 178 Å². The Morgan fingerprint density at radius 1 is 1.21 bits per heavy atom. The highest BCUT2D eigenvalue weighted by Crippen LogP contribution is 2.40. The molecule has 0 aromatic heterocycles. The molecule has 2 heterocycles. The highest BCUT2D eigenvalue weighted by Gasteiger charge is 2.49. The number of benzene rings is 2. The molecule has 1 N–H and O–H groups in total. The zero-order valence-corrected chi connectivity index (χ0v) is 17.4. The maximum Gasteiger partial charge on any atom is 0.184 e. The molecule has 0 aliphatic carbocycles. The van der Waals surface area contributed by atoms with Crippen LogP contribution in [0.15, 0.2) is 63.0 Å². The zero-order chi connectivity index (χ0) is 20.4. The van der Waals surface area contributed by atoms with Crippen molar-refractivity contribution in [2.75, 3.05) is 6.61 Å². The minimum atomic E-state index is -1.19. The molecule has 2 aromatic carbocycles.